The van der Waals surface area contributed by atoms with E-state index in [1.165, 1.54) is 23.7 Å². The summed E-state index contributed by atoms with van der Waals surface area (Å²) in [4.78, 5) is 2.36. The molecule has 27 heavy (non-hydrogen) atoms. The van der Waals surface area contributed by atoms with Crippen molar-refractivity contribution in [3.05, 3.63) is 30.5 Å². The number of benzene rings is 1. The van der Waals surface area contributed by atoms with Crippen LogP contribution in [0.5, 0.6) is 5.75 Å². The first-order valence-corrected chi connectivity index (χ1v) is 10.5. The number of nitrogens with zero attached hydrogens (tertiary/aromatic N) is 2. The molecule has 1 aliphatic carbocycles. The molecule has 1 saturated carbocycles. The number of aromatic nitrogens is 1. The number of fused-ring (bicyclic) bond motifs is 1. The number of rotatable bonds is 6. The van der Waals surface area contributed by atoms with Gasteiger partial charge in [-0.15, -0.1) is 0 Å². The molecular weight excluding hydrogens is 340 g/mol. The molecule has 2 saturated heterocycles. The summed E-state index contributed by atoms with van der Waals surface area (Å²) in [6, 6.07) is 8.63. The van der Waals surface area contributed by atoms with E-state index in [4.69, 9.17) is 9.47 Å². The van der Waals surface area contributed by atoms with Crippen LogP contribution in [-0.4, -0.2) is 59.1 Å². The lowest BCUT2D eigenvalue weighted by Gasteiger charge is -2.36. The minimum Gasteiger partial charge on any atom is -0.490 e. The van der Waals surface area contributed by atoms with Crippen molar-refractivity contribution >= 4 is 10.9 Å². The zero-order valence-corrected chi connectivity index (χ0v) is 16.0. The molecule has 3 heterocycles. The highest BCUT2D eigenvalue weighted by Gasteiger charge is 2.35. The van der Waals surface area contributed by atoms with Crippen LogP contribution in [0, 0.1) is 5.92 Å². The van der Waals surface area contributed by atoms with Gasteiger partial charge in [0.25, 0.3) is 0 Å². The van der Waals surface area contributed by atoms with E-state index in [-0.39, 0.29) is 6.10 Å². The van der Waals surface area contributed by atoms with E-state index in [0.717, 1.165) is 57.1 Å². The van der Waals surface area contributed by atoms with Crippen LogP contribution in [0.15, 0.2) is 30.5 Å². The summed E-state index contributed by atoms with van der Waals surface area (Å²) >= 11 is 0. The van der Waals surface area contributed by atoms with Gasteiger partial charge in [0.15, 0.2) is 0 Å². The van der Waals surface area contributed by atoms with Crippen molar-refractivity contribution in [2.24, 2.45) is 5.92 Å². The molecule has 2 aromatic rings. The topological polar surface area (TPSA) is 46.9 Å². The number of hydrogen-bond donors (Lipinski definition) is 1. The SMILES string of the molecule is OC1(CN2CCC(Oc3cccc4c3ccn4CC3CC3)CC2)CCOC1. The maximum absolute atomic E-state index is 10.5. The van der Waals surface area contributed by atoms with Crippen LogP contribution in [0.1, 0.15) is 32.1 Å². The fourth-order valence-corrected chi connectivity index (χ4v) is 4.54. The van der Waals surface area contributed by atoms with Crippen molar-refractivity contribution < 1.29 is 14.6 Å². The Hall–Kier alpha value is -1.56. The Morgan fingerprint density at radius 2 is 2.00 bits per heavy atom. The normalized spacial score (nSPS) is 27.4. The highest BCUT2D eigenvalue weighted by atomic mass is 16.5. The summed E-state index contributed by atoms with van der Waals surface area (Å²) in [5, 5.41) is 11.8. The molecule has 3 aliphatic rings. The molecular formula is C22H30N2O3. The van der Waals surface area contributed by atoms with Crippen LogP contribution in [0.2, 0.25) is 0 Å². The molecule has 5 rings (SSSR count). The average molecular weight is 370 g/mol. The Bertz CT molecular complexity index is 784. The van der Waals surface area contributed by atoms with Crippen molar-refractivity contribution in [3.63, 3.8) is 0 Å². The molecule has 5 nitrogen and oxygen atoms in total. The summed E-state index contributed by atoms with van der Waals surface area (Å²) in [5.41, 5.74) is 0.643. The van der Waals surface area contributed by atoms with E-state index in [0.29, 0.717) is 13.2 Å². The van der Waals surface area contributed by atoms with Crippen molar-refractivity contribution in [3.8, 4) is 5.75 Å². The number of ether oxygens (including phenoxy) is 2. The summed E-state index contributed by atoms with van der Waals surface area (Å²) in [5.74, 6) is 1.89. The third-order valence-corrected chi connectivity index (χ3v) is 6.35. The lowest BCUT2D eigenvalue weighted by Crippen LogP contribution is -2.48. The Labute approximate surface area is 160 Å². The molecule has 0 radical (unpaired) electrons. The van der Waals surface area contributed by atoms with Crippen LogP contribution < -0.4 is 4.74 Å². The van der Waals surface area contributed by atoms with Gasteiger partial charge in [0.05, 0.1) is 12.1 Å². The van der Waals surface area contributed by atoms with Crippen LogP contribution >= 0.6 is 0 Å². The third kappa shape index (κ3) is 3.86. The second kappa shape index (κ2) is 7.12. The van der Waals surface area contributed by atoms with Gasteiger partial charge >= 0.3 is 0 Å². The molecule has 1 N–H and O–H groups in total. The number of hydrogen-bond acceptors (Lipinski definition) is 4. The van der Waals surface area contributed by atoms with Gasteiger partial charge in [-0.25, -0.2) is 0 Å². The molecule has 2 aliphatic heterocycles. The molecule has 0 amide bonds. The quantitative estimate of drug-likeness (QED) is 0.849. The van der Waals surface area contributed by atoms with Crippen LogP contribution in [0.25, 0.3) is 10.9 Å². The Morgan fingerprint density at radius 3 is 2.74 bits per heavy atom. The molecule has 1 unspecified atom stereocenters. The molecule has 0 bridgehead atoms. The molecule has 146 valence electrons. The zero-order chi connectivity index (χ0) is 18.3. The average Bonchev–Trinajstić information content (AvgIpc) is 3.24. The van der Waals surface area contributed by atoms with Gasteiger partial charge in [0.2, 0.25) is 0 Å². The fraction of sp³-hybridized carbons (Fsp3) is 0.636. The molecule has 0 spiro atoms. The highest BCUT2D eigenvalue weighted by molar-refractivity contribution is 5.86. The van der Waals surface area contributed by atoms with E-state index in [1.54, 1.807) is 0 Å². The summed E-state index contributed by atoms with van der Waals surface area (Å²) < 4.78 is 14.2. The Morgan fingerprint density at radius 1 is 1.15 bits per heavy atom. The summed E-state index contributed by atoms with van der Waals surface area (Å²) in [6.45, 7) is 4.97. The van der Waals surface area contributed by atoms with E-state index in [9.17, 15) is 5.11 Å². The highest BCUT2D eigenvalue weighted by Crippen LogP contribution is 2.34. The summed E-state index contributed by atoms with van der Waals surface area (Å²) in [7, 11) is 0. The van der Waals surface area contributed by atoms with Gasteiger partial charge in [-0.1, -0.05) is 6.07 Å². The maximum atomic E-state index is 10.5. The molecule has 1 aromatic carbocycles. The standard InChI is InChI=1S/C22H30N2O3/c25-22(9-13-26-16-22)15-23-10-6-18(7-11-23)27-21-3-1-2-20-19(21)8-12-24(20)14-17-4-5-17/h1-3,8,12,17-18,25H,4-7,9-11,13-16H2. The first-order valence-electron chi connectivity index (χ1n) is 10.5. The summed E-state index contributed by atoms with van der Waals surface area (Å²) in [6.07, 6.45) is 7.98. The number of β-amino-alcohol motifs (C(OH)–C–C–N with tert-alkyl or cyclic N) is 1. The van der Waals surface area contributed by atoms with Gasteiger partial charge in [-0.05, 0) is 49.8 Å². The van der Waals surface area contributed by atoms with E-state index in [1.807, 2.05) is 0 Å². The van der Waals surface area contributed by atoms with Gasteiger partial charge in [-0.3, -0.25) is 0 Å². The predicted molar refractivity (Wildman–Crippen MR) is 105 cm³/mol. The van der Waals surface area contributed by atoms with Gasteiger partial charge in [0, 0.05) is 50.8 Å². The van der Waals surface area contributed by atoms with Crippen molar-refractivity contribution in [2.75, 3.05) is 32.8 Å². The van der Waals surface area contributed by atoms with E-state index >= 15 is 0 Å². The Balaban J connectivity index is 1.21. The Kier molecular flexibility index (Phi) is 4.62. The van der Waals surface area contributed by atoms with Crippen LogP contribution in [0.3, 0.4) is 0 Å². The van der Waals surface area contributed by atoms with Crippen LogP contribution in [-0.2, 0) is 11.3 Å². The first kappa shape index (κ1) is 17.5. The minimum absolute atomic E-state index is 0.258. The molecule has 1 atom stereocenters. The minimum atomic E-state index is -0.649. The monoisotopic (exact) mass is 370 g/mol. The number of piperidine rings is 1. The fourth-order valence-electron chi connectivity index (χ4n) is 4.54. The molecule has 1 aromatic heterocycles. The van der Waals surface area contributed by atoms with Crippen molar-refractivity contribution in [1.82, 2.24) is 9.47 Å². The zero-order valence-electron chi connectivity index (χ0n) is 16.0. The van der Waals surface area contributed by atoms with Crippen molar-refractivity contribution in [2.45, 2.75) is 50.4 Å². The van der Waals surface area contributed by atoms with Gasteiger partial charge in [0.1, 0.15) is 17.5 Å². The van der Waals surface area contributed by atoms with E-state index < -0.39 is 5.60 Å². The number of likely N-dealkylation sites (tertiary alicyclic amines) is 1. The smallest absolute Gasteiger partial charge is 0.129 e. The number of aliphatic hydroxyl groups is 1. The molecule has 5 heteroatoms. The third-order valence-electron chi connectivity index (χ3n) is 6.35. The van der Waals surface area contributed by atoms with Gasteiger partial charge in [-0.2, -0.15) is 0 Å². The lowest BCUT2D eigenvalue weighted by atomic mass is 10.00. The first-order chi connectivity index (χ1) is 13.2. The second-order valence-electron chi connectivity index (χ2n) is 8.72. The maximum Gasteiger partial charge on any atom is 0.129 e. The van der Waals surface area contributed by atoms with Crippen molar-refractivity contribution in [1.29, 1.82) is 0 Å². The largest absolute Gasteiger partial charge is 0.490 e. The second-order valence-corrected chi connectivity index (χ2v) is 8.72. The van der Waals surface area contributed by atoms with Crippen LogP contribution in [0.4, 0.5) is 0 Å². The predicted octanol–water partition coefficient (Wildman–Crippen LogP) is 3.05. The van der Waals surface area contributed by atoms with Gasteiger partial charge < -0.3 is 24.0 Å². The lowest BCUT2D eigenvalue weighted by molar-refractivity contribution is -0.0172. The van der Waals surface area contributed by atoms with E-state index in [2.05, 4.69) is 39.9 Å². The molecule has 3 fully saturated rings.